The molecule has 0 fully saturated rings. The second-order valence-corrected chi connectivity index (χ2v) is 15.7. The zero-order valence-electron chi connectivity index (χ0n) is 33.6. The summed E-state index contributed by atoms with van der Waals surface area (Å²) in [5.74, 6) is 1.53. The first kappa shape index (κ1) is 35.5. The Bertz CT molecular complexity index is 3530. The Labute approximate surface area is 358 Å². The van der Waals surface area contributed by atoms with Gasteiger partial charge in [0.2, 0.25) is 5.95 Å². The van der Waals surface area contributed by atoms with E-state index in [1.807, 2.05) is 24.5 Å². The molecule has 290 valence electrons. The van der Waals surface area contributed by atoms with Crippen LogP contribution in [0.25, 0.3) is 111 Å². The second kappa shape index (κ2) is 14.7. The van der Waals surface area contributed by atoms with E-state index in [0.29, 0.717) is 5.95 Å². The van der Waals surface area contributed by atoms with Gasteiger partial charge >= 0.3 is 0 Å². The predicted octanol–water partition coefficient (Wildman–Crippen LogP) is 14.4. The molecule has 0 atom stereocenters. The Morgan fingerprint density at radius 2 is 0.694 bits per heavy atom. The van der Waals surface area contributed by atoms with Crippen LogP contribution in [0.2, 0.25) is 0 Å². The first-order valence-corrected chi connectivity index (χ1v) is 20.9. The van der Waals surface area contributed by atoms with E-state index in [1.54, 1.807) is 0 Å². The van der Waals surface area contributed by atoms with Gasteiger partial charge in [0.1, 0.15) is 5.82 Å². The van der Waals surface area contributed by atoms with Gasteiger partial charge < -0.3 is 0 Å². The number of pyridine rings is 1. The van der Waals surface area contributed by atoms with E-state index in [9.17, 15) is 0 Å². The minimum Gasteiger partial charge on any atom is -0.294 e. The lowest BCUT2D eigenvalue weighted by atomic mass is 10.0. The van der Waals surface area contributed by atoms with Crippen LogP contribution in [0.4, 0.5) is 0 Å². The molecule has 0 spiro atoms. The summed E-state index contributed by atoms with van der Waals surface area (Å²) in [7, 11) is 0. The molecule has 0 saturated carbocycles. The number of nitrogens with zero attached hydrogens (tertiary/aromatic N) is 5. The van der Waals surface area contributed by atoms with Gasteiger partial charge in [-0.1, -0.05) is 164 Å². The van der Waals surface area contributed by atoms with Crippen LogP contribution < -0.4 is 0 Å². The van der Waals surface area contributed by atoms with E-state index < -0.39 is 0 Å². The molecule has 0 aliphatic heterocycles. The quantitative estimate of drug-likeness (QED) is 0.162. The summed E-state index contributed by atoms with van der Waals surface area (Å²) in [4.78, 5) is 15.2. The number of hydrogen-bond acceptors (Lipinski definition) is 3. The van der Waals surface area contributed by atoms with Gasteiger partial charge in [-0.2, -0.15) is 0 Å². The van der Waals surface area contributed by atoms with Crippen molar-refractivity contribution in [2.75, 3.05) is 0 Å². The Hall–Kier alpha value is -8.41. The number of rotatable bonds is 7. The van der Waals surface area contributed by atoms with Crippen LogP contribution in [0.15, 0.2) is 225 Å². The zero-order chi connectivity index (χ0) is 41.0. The average molecular weight is 792 g/mol. The largest absolute Gasteiger partial charge is 0.294 e. The van der Waals surface area contributed by atoms with E-state index in [2.05, 4.69) is 209 Å². The molecule has 12 rings (SSSR count). The van der Waals surface area contributed by atoms with E-state index in [4.69, 9.17) is 15.0 Å². The molecular formula is C57H37N5. The number of fused-ring (bicyclic) bond motifs is 6. The summed E-state index contributed by atoms with van der Waals surface area (Å²) in [5.41, 5.74) is 15.4. The van der Waals surface area contributed by atoms with E-state index in [0.717, 1.165) is 83.3 Å². The van der Waals surface area contributed by atoms with Crippen LogP contribution in [0.5, 0.6) is 0 Å². The highest BCUT2D eigenvalue weighted by Gasteiger charge is 2.19. The number of hydrogen-bond donors (Lipinski definition) is 0. The summed E-state index contributed by atoms with van der Waals surface area (Å²) >= 11 is 0. The Morgan fingerprint density at radius 1 is 0.274 bits per heavy atom. The molecule has 8 aromatic carbocycles. The summed E-state index contributed by atoms with van der Waals surface area (Å²) in [6, 6.07) is 75.2. The Balaban J connectivity index is 0.945. The number of aromatic nitrogens is 5. The molecule has 5 heteroatoms. The van der Waals surface area contributed by atoms with Crippen molar-refractivity contribution in [3.8, 4) is 67.5 Å². The maximum Gasteiger partial charge on any atom is 0.234 e. The lowest BCUT2D eigenvalue weighted by Crippen LogP contribution is -2.00. The lowest BCUT2D eigenvalue weighted by Gasteiger charge is -2.13. The lowest BCUT2D eigenvalue weighted by molar-refractivity contribution is 0.990. The molecule has 0 unspecified atom stereocenters. The minimum absolute atomic E-state index is 0.642. The fourth-order valence-corrected chi connectivity index (χ4v) is 9.02. The highest BCUT2D eigenvalue weighted by Crippen LogP contribution is 2.39. The van der Waals surface area contributed by atoms with Crippen LogP contribution in [-0.2, 0) is 0 Å². The zero-order valence-corrected chi connectivity index (χ0v) is 33.6. The van der Waals surface area contributed by atoms with Gasteiger partial charge in [0.05, 0.1) is 27.8 Å². The maximum atomic E-state index is 5.33. The van der Waals surface area contributed by atoms with E-state index >= 15 is 0 Å². The van der Waals surface area contributed by atoms with Crippen molar-refractivity contribution in [3.05, 3.63) is 225 Å². The standard InChI is InChI=1S/C57H37N5/c1-4-14-38(15-5-1)40-24-26-41(27-25-40)46-36-58-57(59-37-46)62-53-23-13-11-21-48(53)50-33-44(29-31-55(50)62)43-28-30-54-49(32-43)47-20-10-12-22-52(47)61(54)56-35-45(39-16-6-2-7-17-39)34-51(60-56)42-18-8-3-9-19-42/h1-37H. The van der Waals surface area contributed by atoms with Gasteiger partial charge in [-0.3, -0.25) is 9.13 Å². The van der Waals surface area contributed by atoms with Crippen molar-refractivity contribution in [1.29, 1.82) is 0 Å². The summed E-state index contributed by atoms with van der Waals surface area (Å²) in [6.07, 6.45) is 3.85. The molecule has 0 amide bonds. The van der Waals surface area contributed by atoms with Crippen LogP contribution in [0.1, 0.15) is 0 Å². The van der Waals surface area contributed by atoms with Crippen molar-refractivity contribution in [3.63, 3.8) is 0 Å². The van der Waals surface area contributed by atoms with Gasteiger partial charge in [0, 0.05) is 45.1 Å². The smallest absolute Gasteiger partial charge is 0.234 e. The molecule has 0 N–H and O–H groups in total. The monoisotopic (exact) mass is 791 g/mol. The van der Waals surface area contributed by atoms with Crippen LogP contribution in [0.3, 0.4) is 0 Å². The van der Waals surface area contributed by atoms with Crippen molar-refractivity contribution >= 4 is 43.6 Å². The van der Waals surface area contributed by atoms with E-state index in [-0.39, 0.29) is 0 Å². The summed E-state index contributed by atoms with van der Waals surface area (Å²) in [6.45, 7) is 0. The van der Waals surface area contributed by atoms with Crippen LogP contribution >= 0.6 is 0 Å². The molecule has 0 bridgehead atoms. The highest BCUT2D eigenvalue weighted by molar-refractivity contribution is 6.12. The normalized spacial score (nSPS) is 11.5. The average Bonchev–Trinajstić information content (AvgIpc) is 3.87. The van der Waals surface area contributed by atoms with Crippen molar-refractivity contribution in [1.82, 2.24) is 24.1 Å². The molecule has 4 heterocycles. The second-order valence-electron chi connectivity index (χ2n) is 15.7. The molecule has 62 heavy (non-hydrogen) atoms. The molecule has 4 aromatic heterocycles. The van der Waals surface area contributed by atoms with Crippen molar-refractivity contribution < 1.29 is 0 Å². The van der Waals surface area contributed by atoms with Gasteiger partial charge in [0.25, 0.3) is 0 Å². The maximum absolute atomic E-state index is 5.33. The van der Waals surface area contributed by atoms with Gasteiger partial charge in [-0.15, -0.1) is 0 Å². The van der Waals surface area contributed by atoms with Crippen LogP contribution in [-0.4, -0.2) is 24.1 Å². The topological polar surface area (TPSA) is 48.5 Å². The molecule has 5 nitrogen and oxygen atoms in total. The third-order valence-electron chi connectivity index (χ3n) is 12.1. The Kier molecular flexibility index (Phi) is 8.42. The first-order valence-electron chi connectivity index (χ1n) is 20.9. The third-order valence-corrected chi connectivity index (χ3v) is 12.1. The van der Waals surface area contributed by atoms with Crippen LogP contribution in [0, 0.1) is 0 Å². The molecule has 0 radical (unpaired) electrons. The SMILES string of the molecule is c1ccc(-c2ccc(-c3cnc(-n4c5ccccc5c5cc(-c6ccc7c(c6)c6ccccc6n7-c6cc(-c7ccccc7)cc(-c7ccccc7)n6)ccc54)nc3)cc2)cc1. The van der Waals surface area contributed by atoms with Crippen molar-refractivity contribution in [2.24, 2.45) is 0 Å². The van der Waals surface area contributed by atoms with Crippen molar-refractivity contribution in [2.45, 2.75) is 0 Å². The number of benzene rings is 8. The molecular weight excluding hydrogens is 755 g/mol. The fraction of sp³-hybridized carbons (Fsp3) is 0. The minimum atomic E-state index is 0.642. The molecule has 12 aromatic rings. The summed E-state index contributed by atoms with van der Waals surface area (Å²) < 4.78 is 4.49. The molecule has 0 aliphatic rings. The Morgan fingerprint density at radius 3 is 1.27 bits per heavy atom. The van der Waals surface area contributed by atoms with Gasteiger partial charge in [0.15, 0.2) is 0 Å². The molecule has 0 aliphatic carbocycles. The van der Waals surface area contributed by atoms with Gasteiger partial charge in [-0.25, -0.2) is 15.0 Å². The van der Waals surface area contributed by atoms with Gasteiger partial charge in [-0.05, 0) is 87.5 Å². The summed E-state index contributed by atoms with van der Waals surface area (Å²) in [5, 5.41) is 4.67. The molecule has 0 saturated heterocycles. The fourth-order valence-electron chi connectivity index (χ4n) is 9.02. The first-order chi connectivity index (χ1) is 30.7. The van der Waals surface area contributed by atoms with E-state index in [1.165, 1.54) is 21.9 Å². The predicted molar refractivity (Wildman–Crippen MR) is 256 cm³/mol. The highest BCUT2D eigenvalue weighted by atomic mass is 15.1. The number of para-hydroxylation sites is 2. The third kappa shape index (κ3) is 6.06.